The summed E-state index contributed by atoms with van der Waals surface area (Å²) in [5, 5.41) is 9.98. The third kappa shape index (κ3) is 4.68. The zero-order chi connectivity index (χ0) is 14.2. The molecule has 0 aliphatic heterocycles. The van der Waals surface area contributed by atoms with Crippen LogP contribution in [0.3, 0.4) is 0 Å². The minimum atomic E-state index is -0.616. The van der Waals surface area contributed by atoms with Crippen molar-refractivity contribution in [1.82, 2.24) is 0 Å². The number of aryl methyl sites for hydroxylation is 1. The molecule has 2 aromatic carbocycles. The van der Waals surface area contributed by atoms with Gasteiger partial charge in [-0.25, -0.2) is 0 Å². The molecule has 3 N–H and O–H groups in total. The van der Waals surface area contributed by atoms with E-state index >= 15 is 0 Å². The number of hydrogen-bond donors (Lipinski definition) is 2. The molecule has 0 saturated carbocycles. The molecule has 0 spiro atoms. The number of nitrogens with two attached hydrogens (primary N) is 1. The molecule has 0 radical (unpaired) electrons. The highest BCUT2D eigenvalue weighted by Crippen LogP contribution is 2.16. The largest absolute Gasteiger partial charge is 0.399 e. The summed E-state index contributed by atoms with van der Waals surface area (Å²) in [5.74, 6) is 0. The maximum atomic E-state index is 9.98. The number of aliphatic hydroxyl groups is 1. The highest BCUT2D eigenvalue weighted by Gasteiger charge is 2.07. The number of aliphatic hydroxyl groups excluding tert-OH is 1. The van der Waals surface area contributed by atoms with Crippen molar-refractivity contribution >= 4 is 5.69 Å². The van der Waals surface area contributed by atoms with Gasteiger partial charge in [-0.15, -0.1) is 0 Å². The van der Waals surface area contributed by atoms with Crippen LogP contribution in [0, 0.1) is 0 Å². The molecule has 0 fully saturated rings. The normalized spacial score (nSPS) is 12.2. The summed E-state index contributed by atoms with van der Waals surface area (Å²) in [5.41, 5.74) is 8.45. The van der Waals surface area contributed by atoms with E-state index in [0.29, 0.717) is 18.9 Å². The summed E-state index contributed by atoms with van der Waals surface area (Å²) in [4.78, 5) is 0. The Morgan fingerprint density at radius 1 is 1.05 bits per heavy atom. The Kier molecular flexibility index (Phi) is 5.59. The quantitative estimate of drug-likeness (QED) is 0.601. The molecule has 2 aromatic rings. The first-order chi connectivity index (χ1) is 9.75. The summed E-state index contributed by atoms with van der Waals surface area (Å²) < 4.78 is 5.52. The molecule has 0 heterocycles. The molecule has 3 heteroatoms. The highest BCUT2D eigenvalue weighted by atomic mass is 16.5. The fourth-order valence-corrected chi connectivity index (χ4v) is 2.08. The second-order valence-corrected chi connectivity index (χ2v) is 4.85. The van der Waals surface area contributed by atoms with E-state index in [0.717, 1.165) is 18.4 Å². The Bertz CT molecular complexity index is 513. The predicted molar refractivity (Wildman–Crippen MR) is 81.4 cm³/mol. The fraction of sp³-hybridized carbons (Fsp3) is 0.294. The fourth-order valence-electron chi connectivity index (χ4n) is 2.08. The first-order valence-corrected chi connectivity index (χ1v) is 6.91. The predicted octanol–water partition coefficient (Wildman–Crippen LogP) is 2.95. The van der Waals surface area contributed by atoms with Gasteiger partial charge < -0.3 is 15.6 Å². The van der Waals surface area contributed by atoms with E-state index in [2.05, 4.69) is 12.1 Å². The SMILES string of the molecule is Nc1cccc(C(O)COCCCc2ccccc2)c1. The van der Waals surface area contributed by atoms with Gasteiger partial charge in [0.05, 0.1) is 6.61 Å². The van der Waals surface area contributed by atoms with Gasteiger partial charge in [-0.1, -0.05) is 42.5 Å². The van der Waals surface area contributed by atoms with E-state index in [1.54, 1.807) is 12.1 Å². The van der Waals surface area contributed by atoms with Crippen molar-refractivity contribution in [2.75, 3.05) is 18.9 Å². The van der Waals surface area contributed by atoms with Crippen molar-refractivity contribution in [3.63, 3.8) is 0 Å². The number of nitrogen functional groups attached to an aromatic ring is 1. The molecule has 1 atom stereocenters. The topological polar surface area (TPSA) is 55.5 Å². The van der Waals surface area contributed by atoms with Gasteiger partial charge in [0.15, 0.2) is 0 Å². The molecular formula is C17H21NO2. The monoisotopic (exact) mass is 271 g/mol. The molecule has 106 valence electrons. The van der Waals surface area contributed by atoms with Crippen LogP contribution in [0.5, 0.6) is 0 Å². The van der Waals surface area contributed by atoms with E-state index in [-0.39, 0.29) is 0 Å². The summed E-state index contributed by atoms with van der Waals surface area (Å²) >= 11 is 0. The maximum absolute atomic E-state index is 9.98. The van der Waals surface area contributed by atoms with Crippen LogP contribution in [0.2, 0.25) is 0 Å². The lowest BCUT2D eigenvalue weighted by atomic mass is 10.1. The Hall–Kier alpha value is -1.84. The maximum Gasteiger partial charge on any atom is 0.102 e. The van der Waals surface area contributed by atoms with Crippen LogP contribution in [0.1, 0.15) is 23.7 Å². The molecule has 0 aliphatic carbocycles. The first-order valence-electron chi connectivity index (χ1n) is 6.91. The van der Waals surface area contributed by atoms with Gasteiger partial charge >= 0.3 is 0 Å². The minimum Gasteiger partial charge on any atom is -0.399 e. The lowest BCUT2D eigenvalue weighted by molar-refractivity contribution is 0.0352. The number of ether oxygens (including phenoxy) is 1. The number of hydrogen-bond acceptors (Lipinski definition) is 3. The van der Waals surface area contributed by atoms with E-state index in [4.69, 9.17) is 10.5 Å². The van der Waals surface area contributed by atoms with Crippen molar-refractivity contribution in [3.05, 3.63) is 65.7 Å². The molecule has 0 saturated heterocycles. The number of anilines is 1. The molecule has 0 aliphatic rings. The molecule has 20 heavy (non-hydrogen) atoms. The van der Waals surface area contributed by atoms with E-state index < -0.39 is 6.10 Å². The van der Waals surface area contributed by atoms with Gasteiger partial charge in [0, 0.05) is 12.3 Å². The van der Waals surface area contributed by atoms with Gasteiger partial charge in [0.1, 0.15) is 6.10 Å². The average molecular weight is 271 g/mol. The second-order valence-electron chi connectivity index (χ2n) is 4.85. The summed E-state index contributed by atoms with van der Waals surface area (Å²) in [6, 6.07) is 17.6. The Balaban J connectivity index is 1.66. The van der Waals surface area contributed by atoms with Gasteiger partial charge in [0.25, 0.3) is 0 Å². The smallest absolute Gasteiger partial charge is 0.102 e. The van der Waals surface area contributed by atoms with Crippen molar-refractivity contribution in [2.24, 2.45) is 0 Å². The highest BCUT2D eigenvalue weighted by molar-refractivity contribution is 5.41. The molecule has 2 rings (SSSR count). The van der Waals surface area contributed by atoms with Crippen molar-refractivity contribution in [3.8, 4) is 0 Å². The summed E-state index contributed by atoms with van der Waals surface area (Å²) in [6.45, 7) is 0.951. The Labute approximate surface area is 120 Å². The van der Waals surface area contributed by atoms with Gasteiger partial charge in [0.2, 0.25) is 0 Å². The number of benzene rings is 2. The number of rotatable bonds is 7. The third-order valence-corrected chi connectivity index (χ3v) is 3.17. The lowest BCUT2D eigenvalue weighted by Crippen LogP contribution is -2.08. The van der Waals surface area contributed by atoms with Crippen molar-refractivity contribution in [1.29, 1.82) is 0 Å². The van der Waals surface area contributed by atoms with Crippen molar-refractivity contribution in [2.45, 2.75) is 18.9 Å². The molecular weight excluding hydrogens is 250 g/mol. The Morgan fingerprint density at radius 3 is 2.60 bits per heavy atom. The van der Waals surface area contributed by atoms with Crippen LogP contribution < -0.4 is 5.73 Å². The molecule has 0 aromatic heterocycles. The van der Waals surface area contributed by atoms with Crippen molar-refractivity contribution < 1.29 is 9.84 Å². The van der Waals surface area contributed by atoms with Crippen LogP contribution in [0.4, 0.5) is 5.69 Å². The van der Waals surface area contributed by atoms with E-state index in [9.17, 15) is 5.11 Å². The average Bonchev–Trinajstić information content (AvgIpc) is 2.48. The summed E-state index contributed by atoms with van der Waals surface area (Å²) in [6.07, 6.45) is 1.33. The van der Waals surface area contributed by atoms with E-state index in [1.807, 2.05) is 30.3 Å². The van der Waals surface area contributed by atoms with Gasteiger partial charge in [-0.3, -0.25) is 0 Å². The molecule has 3 nitrogen and oxygen atoms in total. The van der Waals surface area contributed by atoms with Gasteiger partial charge in [-0.2, -0.15) is 0 Å². The van der Waals surface area contributed by atoms with Crippen LogP contribution in [0.15, 0.2) is 54.6 Å². The zero-order valence-electron chi connectivity index (χ0n) is 11.5. The third-order valence-electron chi connectivity index (χ3n) is 3.17. The lowest BCUT2D eigenvalue weighted by Gasteiger charge is -2.12. The zero-order valence-corrected chi connectivity index (χ0v) is 11.5. The van der Waals surface area contributed by atoms with Crippen LogP contribution >= 0.6 is 0 Å². The molecule has 1 unspecified atom stereocenters. The van der Waals surface area contributed by atoms with Crippen LogP contribution in [-0.2, 0) is 11.2 Å². The second kappa shape index (κ2) is 7.68. The van der Waals surface area contributed by atoms with Gasteiger partial charge in [-0.05, 0) is 36.1 Å². The first kappa shape index (κ1) is 14.6. The van der Waals surface area contributed by atoms with Crippen LogP contribution in [-0.4, -0.2) is 18.3 Å². The van der Waals surface area contributed by atoms with E-state index in [1.165, 1.54) is 5.56 Å². The Morgan fingerprint density at radius 2 is 1.85 bits per heavy atom. The molecule has 0 bridgehead atoms. The standard InChI is InChI=1S/C17H21NO2/c18-16-10-4-9-15(12-16)17(19)13-20-11-5-8-14-6-2-1-3-7-14/h1-4,6-7,9-10,12,17,19H,5,8,11,13,18H2. The van der Waals surface area contributed by atoms with Crippen LogP contribution in [0.25, 0.3) is 0 Å². The minimum absolute atomic E-state index is 0.304. The summed E-state index contributed by atoms with van der Waals surface area (Å²) in [7, 11) is 0. The molecule has 0 amide bonds.